The number of benzene rings is 3. The van der Waals surface area contributed by atoms with Gasteiger partial charge in [0.25, 0.3) is 5.91 Å². The molecule has 2 amide bonds. The Labute approximate surface area is 195 Å². The molecule has 0 radical (unpaired) electrons. The van der Waals surface area contributed by atoms with Gasteiger partial charge in [0.1, 0.15) is 5.92 Å². The summed E-state index contributed by atoms with van der Waals surface area (Å²) in [5.41, 5.74) is 3.31. The van der Waals surface area contributed by atoms with Gasteiger partial charge in [-0.3, -0.25) is 14.4 Å². The van der Waals surface area contributed by atoms with E-state index in [1.807, 2.05) is 91.8 Å². The zero-order valence-electron chi connectivity index (χ0n) is 17.7. The van der Waals surface area contributed by atoms with Gasteiger partial charge in [-0.1, -0.05) is 42.5 Å². The minimum absolute atomic E-state index is 0.257. The number of anilines is 3. The average molecular weight is 492 g/mol. The summed E-state index contributed by atoms with van der Waals surface area (Å²) in [6, 6.07) is 24.4. The summed E-state index contributed by atoms with van der Waals surface area (Å²) in [5, 5.41) is 1.72. The SMILES string of the molecule is CN(C)c1ccc(C2C3C(=O)N(c4ccccc4Br)C(=O)C3ON2c2ccccc2)cc1. The first-order chi connectivity index (χ1) is 15.5. The molecule has 32 heavy (non-hydrogen) atoms. The van der Waals surface area contributed by atoms with Crippen molar-refractivity contribution in [3.63, 3.8) is 0 Å². The average Bonchev–Trinajstić information content (AvgIpc) is 3.31. The molecule has 2 saturated heterocycles. The second-order valence-corrected chi connectivity index (χ2v) is 8.96. The van der Waals surface area contributed by atoms with Gasteiger partial charge in [-0.15, -0.1) is 0 Å². The number of hydroxylamine groups is 1. The fraction of sp³-hybridized carbons (Fsp3) is 0.200. The van der Waals surface area contributed by atoms with Crippen LogP contribution >= 0.6 is 15.9 Å². The molecule has 162 valence electrons. The standard InChI is InChI=1S/C25H22BrN3O3/c1-27(2)17-14-12-16(13-15-17)22-21-23(32-29(22)18-8-4-3-5-9-18)25(31)28(24(21)30)20-11-7-6-10-19(20)26/h3-15,21-23H,1-2H3. The third kappa shape index (κ3) is 3.29. The van der Waals surface area contributed by atoms with Crippen LogP contribution in [0.25, 0.3) is 0 Å². The topological polar surface area (TPSA) is 53.1 Å². The number of nitrogens with zero attached hydrogens (tertiary/aromatic N) is 3. The van der Waals surface area contributed by atoms with E-state index in [1.165, 1.54) is 4.90 Å². The van der Waals surface area contributed by atoms with Gasteiger partial charge in [-0.25, -0.2) is 9.96 Å². The van der Waals surface area contributed by atoms with Crippen LogP contribution in [0.4, 0.5) is 17.1 Å². The molecule has 3 unspecified atom stereocenters. The van der Waals surface area contributed by atoms with Gasteiger partial charge in [0, 0.05) is 24.3 Å². The van der Waals surface area contributed by atoms with E-state index in [1.54, 1.807) is 11.1 Å². The molecule has 2 fully saturated rings. The highest BCUT2D eigenvalue weighted by molar-refractivity contribution is 9.10. The molecule has 2 heterocycles. The Bertz CT molecular complexity index is 1170. The number of hydrogen-bond donors (Lipinski definition) is 0. The summed E-state index contributed by atoms with van der Waals surface area (Å²) in [6.45, 7) is 0. The van der Waals surface area contributed by atoms with Crippen LogP contribution < -0.4 is 14.9 Å². The molecule has 0 N–H and O–H groups in total. The van der Waals surface area contributed by atoms with Crippen molar-refractivity contribution in [3.8, 4) is 0 Å². The van der Waals surface area contributed by atoms with Crippen molar-refractivity contribution in [2.24, 2.45) is 5.92 Å². The molecule has 0 spiro atoms. The highest BCUT2D eigenvalue weighted by atomic mass is 79.9. The predicted octanol–water partition coefficient (Wildman–Crippen LogP) is 4.57. The number of amides is 2. The lowest BCUT2D eigenvalue weighted by Gasteiger charge is -2.29. The first kappa shape index (κ1) is 20.7. The monoisotopic (exact) mass is 491 g/mol. The van der Waals surface area contributed by atoms with Crippen molar-refractivity contribution in [3.05, 3.63) is 88.9 Å². The van der Waals surface area contributed by atoms with Gasteiger partial charge >= 0.3 is 0 Å². The summed E-state index contributed by atoms with van der Waals surface area (Å²) < 4.78 is 0.688. The Morgan fingerprint density at radius 1 is 0.844 bits per heavy atom. The first-order valence-corrected chi connectivity index (χ1v) is 11.2. The quantitative estimate of drug-likeness (QED) is 0.500. The van der Waals surface area contributed by atoms with Crippen molar-refractivity contribution < 1.29 is 14.4 Å². The van der Waals surface area contributed by atoms with Gasteiger partial charge in [-0.2, -0.15) is 0 Å². The number of para-hydroxylation sites is 2. The molecule has 5 rings (SSSR count). The largest absolute Gasteiger partial charge is 0.378 e. The van der Waals surface area contributed by atoms with E-state index < -0.39 is 18.1 Å². The Morgan fingerprint density at radius 2 is 1.50 bits per heavy atom. The molecule has 0 saturated carbocycles. The van der Waals surface area contributed by atoms with E-state index in [0.717, 1.165) is 16.9 Å². The number of carbonyl (C=O) groups is 2. The van der Waals surface area contributed by atoms with E-state index in [2.05, 4.69) is 15.9 Å². The summed E-state index contributed by atoms with van der Waals surface area (Å²) >= 11 is 3.47. The van der Waals surface area contributed by atoms with E-state index >= 15 is 0 Å². The molecule has 0 bridgehead atoms. The molecule has 0 aliphatic carbocycles. The van der Waals surface area contributed by atoms with E-state index in [9.17, 15) is 9.59 Å². The molecule has 7 heteroatoms. The molecule has 3 aromatic carbocycles. The Balaban J connectivity index is 1.58. The zero-order valence-corrected chi connectivity index (χ0v) is 19.3. The highest BCUT2D eigenvalue weighted by Gasteiger charge is 2.60. The number of rotatable bonds is 4. The molecule has 0 aromatic heterocycles. The Kier molecular flexibility index (Phi) is 5.23. The van der Waals surface area contributed by atoms with Crippen molar-refractivity contribution >= 4 is 44.8 Å². The summed E-state index contributed by atoms with van der Waals surface area (Å²) in [6.07, 6.45) is -0.881. The number of imide groups is 1. The van der Waals surface area contributed by atoms with Gasteiger partial charge in [0.15, 0.2) is 6.10 Å². The number of hydrogen-bond acceptors (Lipinski definition) is 5. The molecule has 3 aromatic rings. The Hall–Kier alpha value is -3.16. The summed E-state index contributed by atoms with van der Waals surface area (Å²) in [7, 11) is 3.96. The lowest BCUT2D eigenvalue weighted by molar-refractivity contribution is -0.126. The van der Waals surface area contributed by atoms with Crippen molar-refractivity contribution in [1.29, 1.82) is 0 Å². The van der Waals surface area contributed by atoms with Crippen LogP contribution in [-0.2, 0) is 14.4 Å². The van der Waals surface area contributed by atoms with Crippen LogP contribution in [0, 0.1) is 5.92 Å². The van der Waals surface area contributed by atoms with E-state index in [-0.39, 0.29) is 11.8 Å². The maximum absolute atomic E-state index is 13.7. The summed E-state index contributed by atoms with van der Waals surface area (Å²) in [4.78, 5) is 36.5. The van der Waals surface area contributed by atoms with Crippen LogP contribution in [0.2, 0.25) is 0 Å². The van der Waals surface area contributed by atoms with Gasteiger partial charge < -0.3 is 4.90 Å². The third-order valence-corrected chi connectivity index (χ3v) is 6.64. The third-order valence-electron chi connectivity index (χ3n) is 5.97. The maximum Gasteiger partial charge on any atom is 0.266 e. The first-order valence-electron chi connectivity index (χ1n) is 10.4. The minimum atomic E-state index is -0.881. The fourth-order valence-electron chi connectivity index (χ4n) is 4.39. The van der Waals surface area contributed by atoms with Crippen LogP contribution in [0.5, 0.6) is 0 Å². The zero-order chi connectivity index (χ0) is 22.4. The predicted molar refractivity (Wildman–Crippen MR) is 127 cm³/mol. The Morgan fingerprint density at radius 3 is 2.16 bits per heavy atom. The molecular weight excluding hydrogens is 470 g/mol. The molecule has 2 aliphatic rings. The van der Waals surface area contributed by atoms with Gasteiger partial charge in [0.2, 0.25) is 5.91 Å². The molecule has 6 nitrogen and oxygen atoms in total. The maximum atomic E-state index is 13.7. The smallest absolute Gasteiger partial charge is 0.266 e. The van der Waals surface area contributed by atoms with Gasteiger partial charge in [-0.05, 0) is 57.9 Å². The van der Waals surface area contributed by atoms with Crippen LogP contribution in [0.3, 0.4) is 0 Å². The van der Waals surface area contributed by atoms with Crippen molar-refractivity contribution in [2.75, 3.05) is 29.0 Å². The van der Waals surface area contributed by atoms with Gasteiger partial charge in [0.05, 0.1) is 17.4 Å². The van der Waals surface area contributed by atoms with E-state index in [0.29, 0.717) is 10.2 Å². The van der Waals surface area contributed by atoms with Crippen molar-refractivity contribution in [1.82, 2.24) is 0 Å². The molecule has 2 aliphatic heterocycles. The normalized spacial score (nSPS) is 22.4. The van der Waals surface area contributed by atoms with Crippen LogP contribution in [-0.4, -0.2) is 32.0 Å². The number of halogens is 1. The molecular formula is C25H22BrN3O3. The minimum Gasteiger partial charge on any atom is -0.378 e. The van der Waals surface area contributed by atoms with Crippen LogP contribution in [0.1, 0.15) is 11.6 Å². The van der Waals surface area contributed by atoms with E-state index in [4.69, 9.17) is 4.84 Å². The molecule has 3 atom stereocenters. The highest BCUT2D eigenvalue weighted by Crippen LogP contribution is 2.48. The summed E-state index contributed by atoms with van der Waals surface area (Å²) in [5.74, 6) is -1.26. The fourth-order valence-corrected chi connectivity index (χ4v) is 4.85. The van der Waals surface area contributed by atoms with Crippen molar-refractivity contribution in [2.45, 2.75) is 12.1 Å². The number of carbonyl (C=O) groups excluding carboxylic acids is 2. The second kappa shape index (κ2) is 8.07. The lowest BCUT2D eigenvalue weighted by Crippen LogP contribution is -2.37. The number of fused-ring (bicyclic) bond motifs is 1. The lowest BCUT2D eigenvalue weighted by atomic mass is 9.90. The second-order valence-electron chi connectivity index (χ2n) is 8.11. The van der Waals surface area contributed by atoms with Crippen LogP contribution in [0.15, 0.2) is 83.3 Å².